The minimum Gasteiger partial charge on any atom is -0.386 e. The first-order valence-corrected chi connectivity index (χ1v) is 12.0. The lowest BCUT2D eigenvalue weighted by Gasteiger charge is -2.28. The number of aryl methyl sites for hydroxylation is 1. The molecular formula is C26H31F2N7O2. The molecule has 1 fully saturated rings. The van der Waals surface area contributed by atoms with Crippen molar-refractivity contribution in [3.8, 4) is 11.3 Å². The third-order valence-corrected chi connectivity index (χ3v) is 6.03. The first kappa shape index (κ1) is 26.2. The molecule has 0 bridgehead atoms. The molecule has 196 valence electrons. The van der Waals surface area contributed by atoms with E-state index in [4.69, 9.17) is 9.72 Å². The Hall–Kier alpha value is -3.86. The number of rotatable bonds is 4. The van der Waals surface area contributed by atoms with Gasteiger partial charge in [-0.3, -0.25) is 4.79 Å². The maximum Gasteiger partial charge on any atom is 0.222 e. The largest absolute Gasteiger partial charge is 0.386 e. The molecule has 37 heavy (non-hydrogen) atoms. The molecule has 3 aromatic heterocycles. The summed E-state index contributed by atoms with van der Waals surface area (Å²) in [4.78, 5) is 21.8. The Labute approximate surface area is 214 Å². The van der Waals surface area contributed by atoms with Crippen LogP contribution in [0.5, 0.6) is 0 Å². The molecule has 0 radical (unpaired) electrons. The minimum absolute atomic E-state index is 0.00456. The van der Waals surface area contributed by atoms with Gasteiger partial charge in [0.2, 0.25) is 5.95 Å². The van der Waals surface area contributed by atoms with Gasteiger partial charge >= 0.3 is 0 Å². The van der Waals surface area contributed by atoms with Crippen LogP contribution in [0.25, 0.3) is 16.9 Å². The highest BCUT2D eigenvalue weighted by atomic mass is 19.1. The van der Waals surface area contributed by atoms with E-state index < -0.39 is 11.5 Å². The van der Waals surface area contributed by atoms with Gasteiger partial charge in [-0.1, -0.05) is 0 Å². The van der Waals surface area contributed by atoms with Gasteiger partial charge in [0, 0.05) is 44.3 Å². The van der Waals surface area contributed by atoms with Crippen molar-refractivity contribution < 1.29 is 18.3 Å². The molecule has 11 heteroatoms. The summed E-state index contributed by atoms with van der Waals surface area (Å²) in [7, 11) is 1.71. The minimum atomic E-state index is -0.572. The van der Waals surface area contributed by atoms with Crippen LogP contribution in [0.2, 0.25) is 0 Å². The van der Waals surface area contributed by atoms with Crippen molar-refractivity contribution in [3.63, 3.8) is 0 Å². The number of nitrogens with zero attached hydrogens (tertiary/aromatic N) is 6. The fourth-order valence-electron chi connectivity index (χ4n) is 4.07. The fourth-order valence-corrected chi connectivity index (χ4v) is 4.07. The molecule has 1 aromatic carbocycles. The quantitative estimate of drug-likeness (QED) is 0.409. The molecule has 1 saturated heterocycles. The number of anilines is 2. The zero-order valence-corrected chi connectivity index (χ0v) is 21.6. The van der Waals surface area contributed by atoms with Crippen molar-refractivity contribution in [2.75, 3.05) is 43.6 Å². The summed E-state index contributed by atoms with van der Waals surface area (Å²) < 4.78 is 35.8. The highest BCUT2D eigenvalue weighted by Gasteiger charge is 2.21. The average molecular weight is 512 g/mol. The number of carbonyl (C=O) groups excluding carboxylic acids is 1. The number of hydrogen-bond donors (Lipinski definition) is 1. The summed E-state index contributed by atoms with van der Waals surface area (Å²) in [6.45, 7) is 10.3. The van der Waals surface area contributed by atoms with Crippen LogP contribution in [0.1, 0.15) is 36.7 Å². The number of imidazole rings is 1. The van der Waals surface area contributed by atoms with Crippen molar-refractivity contribution in [3.05, 3.63) is 59.8 Å². The highest BCUT2D eigenvalue weighted by molar-refractivity contribution is 5.74. The summed E-state index contributed by atoms with van der Waals surface area (Å²) in [5, 5.41) is 6.66. The van der Waals surface area contributed by atoms with Gasteiger partial charge in [-0.25, -0.2) is 19.0 Å². The first-order chi connectivity index (χ1) is 17.6. The summed E-state index contributed by atoms with van der Waals surface area (Å²) >= 11 is 0. The molecule has 0 spiro atoms. The van der Waals surface area contributed by atoms with Gasteiger partial charge in [0.25, 0.3) is 0 Å². The molecule has 4 heterocycles. The van der Waals surface area contributed by atoms with Crippen molar-refractivity contribution in [2.45, 2.75) is 33.2 Å². The van der Waals surface area contributed by atoms with E-state index in [9.17, 15) is 13.6 Å². The van der Waals surface area contributed by atoms with Crippen molar-refractivity contribution in [1.29, 1.82) is 0 Å². The molecule has 1 N–H and O–H groups in total. The van der Waals surface area contributed by atoms with E-state index in [1.807, 2.05) is 44.5 Å². The standard InChI is InChI=1S/C18H20FN5O.C8H11FN2O/c1-12-9-14(19)15(20-2)10-13(12)16-11-24-4-3-21-17(24)18(22-16)23-5-7-25-8-6-23;1-8(2,3)11-7(9)6(5-12)4-10-11/h3-4,9-11,20H,5-8H2,1-2H3;4-5H,1-3H3. The number of ether oxygens (including phenoxy) is 1. The van der Waals surface area contributed by atoms with Crippen molar-refractivity contribution in [2.24, 2.45) is 0 Å². The van der Waals surface area contributed by atoms with Gasteiger partial charge in [-0.2, -0.15) is 9.49 Å². The summed E-state index contributed by atoms with van der Waals surface area (Å²) in [5.41, 5.74) is 3.39. The second-order valence-electron chi connectivity index (χ2n) is 9.70. The van der Waals surface area contributed by atoms with Crippen molar-refractivity contribution >= 4 is 23.4 Å². The molecule has 1 aliphatic rings. The Morgan fingerprint density at radius 3 is 2.49 bits per heavy atom. The maximum atomic E-state index is 14.0. The smallest absolute Gasteiger partial charge is 0.222 e. The molecule has 0 amide bonds. The number of halogens is 2. The Morgan fingerprint density at radius 2 is 1.89 bits per heavy atom. The lowest BCUT2D eigenvalue weighted by atomic mass is 10.0. The number of benzene rings is 1. The molecule has 0 unspecified atom stereocenters. The summed E-state index contributed by atoms with van der Waals surface area (Å²) in [6.07, 6.45) is 7.30. The second-order valence-corrected chi connectivity index (χ2v) is 9.70. The van der Waals surface area contributed by atoms with E-state index in [0.717, 1.165) is 41.4 Å². The van der Waals surface area contributed by atoms with Crippen LogP contribution in [0.4, 0.5) is 20.3 Å². The van der Waals surface area contributed by atoms with E-state index in [1.54, 1.807) is 19.3 Å². The lowest BCUT2D eigenvalue weighted by molar-refractivity contribution is 0.111. The molecular weight excluding hydrogens is 480 g/mol. The normalized spacial score (nSPS) is 13.9. The van der Waals surface area contributed by atoms with Crippen LogP contribution in [-0.4, -0.2) is 63.8 Å². The second kappa shape index (κ2) is 10.6. The van der Waals surface area contributed by atoms with Crippen LogP contribution in [0.15, 0.2) is 36.9 Å². The zero-order valence-electron chi connectivity index (χ0n) is 21.6. The number of fused-ring (bicyclic) bond motifs is 1. The Balaban J connectivity index is 0.000000225. The Bertz CT molecular complexity index is 1400. The average Bonchev–Trinajstić information content (AvgIpc) is 3.50. The number of carbonyl (C=O) groups is 1. The maximum absolute atomic E-state index is 14.0. The zero-order chi connectivity index (χ0) is 26.7. The molecule has 0 atom stereocenters. The summed E-state index contributed by atoms with van der Waals surface area (Å²) in [6, 6.07) is 3.34. The number of nitrogens with one attached hydrogen (secondary N) is 1. The molecule has 1 aliphatic heterocycles. The van der Waals surface area contributed by atoms with Crippen molar-refractivity contribution in [1.82, 2.24) is 24.1 Å². The number of aldehydes is 1. The molecule has 9 nitrogen and oxygen atoms in total. The van der Waals surface area contributed by atoms with Crippen LogP contribution < -0.4 is 10.2 Å². The Morgan fingerprint density at radius 1 is 1.16 bits per heavy atom. The highest BCUT2D eigenvalue weighted by Crippen LogP contribution is 2.30. The molecule has 0 aliphatic carbocycles. The third kappa shape index (κ3) is 5.46. The van der Waals surface area contributed by atoms with Crippen LogP contribution in [-0.2, 0) is 10.3 Å². The number of hydrogen-bond acceptors (Lipinski definition) is 7. The SMILES string of the molecule is CC(C)(C)n1ncc(C=O)c1F.CNc1cc(-c2cn3ccnc3c(N3CCOCC3)n2)c(C)cc1F. The van der Waals surface area contributed by atoms with Gasteiger partial charge < -0.3 is 19.4 Å². The fraction of sp³-hybridized carbons (Fsp3) is 0.385. The monoisotopic (exact) mass is 511 g/mol. The van der Waals surface area contributed by atoms with Gasteiger partial charge in [-0.15, -0.1) is 0 Å². The van der Waals surface area contributed by atoms with E-state index in [2.05, 4.69) is 20.3 Å². The predicted molar refractivity (Wildman–Crippen MR) is 138 cm³/mol. The van der Waals surface area contributed by atoms with Crippen LogP contribution >= 0.6 is 0 Å². The first-order valence-electron chi connectivity index (χ1n) is 12.0. The van der Waals surface area contributed by atoms with E-state index in [0.29, 0.717) is 25.2 Å². The van der Waals surface area contributed by atoms with E-state index in [-0.39, 0.29) is 11.4 Å². The van der Waals surface area contributed by atoms with Gasteiger partial charge in [0.15, 0.2) is 17.8 Å². The Kier molecular flexibility index (Phi) is 7.53. The van der Waals surface area contributed by atoms with Gasteiger partial charge in [0.1, 0.15) is 5.82 Å². The molecule has 0 saturated carbocycles. The van der Waals surface area contributed by atoms with E-state index >= 15 is 0 Å². The number of aromatic nitrogens is 5. The molecule has 5 rings (SSSR count). The van der Waals surface area contributed by atoms with Gasteiger partial charge in [-0.05, 0) is 45.4 Å². The lowest BCUT2D eigenvalue weighted by Crippen LogP contribution is -2.37. The van der Waals surface area contributed by atoms with Gasteiger partial charge in [0.05, 0.1) is 41.9 Å². The van der Waals surface area contributed by atoms with Crippen LogP contribution in [0, 0.1) is 18.7 Å². The topological polar surface area (TPSA) is 89.6 Å². The third-order valence-electron chi connectivity index (χ3n) is 6.03. The van der Waals surface area contributed by atoms with Crippen LogP contribution in [0.3, 0.4) is 0 Å². The summed E-state index contributed by atoms with van der Waals surface area (Å²) in [5.74, 6) is -0.00102. The predicted octanol–water partition coefficient (Wildman–Crippen LogP) is 4.31. The number of morpholine rings is 1. The van der Waals surface area contributed by atoms with E-state index in [1.165, 1.54) is 16.9 Å². The molecule has 4 aromatic rings.